The fourth-order valence-electron chi connectivity index (χ4n) is 3.39. The summed E-state index contributed by atoms with van der Waals surface area (Å²) in [6.45, 7) is 6.15. The van der Waals surface area contributed by atoms with Gasteiger partial charge < -0.3 is 10.6 Å². The Kier molecular flexibility index (Phi) is 20.9. The van der Waals surface area contributed by atoms with Crippen LogP contribution in [0.4, 0.5) is 0 Å². The molecule has 0 aliphatic heterocycles. The van der Waals surface area contributed by atoms with E-state index < -0.39 is 0 Å². The molecule has 0 aromatic carbocycles. The highest BCUT2D eigenvalue weighted by molar-refractivity contribution is 5.79. The van der Waals surface area contributed by atoms with Gasteiger partial charge in [0.25, 0.3) is 0 Å². The molecule has 4 nitrogen and oxygen atoms in total. The third kappa shape index (κ3) is 21.1. The molecule has 0 saturated heterocycles. The fourth-order valence-corrected chi connectivity index (χ4v) is 3.39. The summed E-state index contributed by atoms with van der Waals surface area (Å²) in [4.78, 5) is 24.0. The van der Waals surface area contributed by atoms with E-state index in [1.54, 1.807) is 0 Å². The van der Waals surface area contributed by atoms with Crippen LogP contribution in [0.5, 0.6) is 0 Å². The van der Waals surface area contributed by atoms with Gasteiger partial charge in [0, 0.05) is 12.8 Å². The van der Waals surface area contributed by atoms with E-state index >= 15 is 0 Å². The van der Waals surface area contributed by atoms with Crippen molar-refractivity contribution in [1.82, 2.24) is 10.6 Å². The molecule has 0 rings (SSSR count). The topological polar surface area (TPSA) is 58.2 Å². The summed E-state index contributed by atoms with van der Waals surface area (Å²) in [6, 6.07) is 0. The molecule has 0 radical (unpaired) electrons. The predicted molar refractivity (Wildman–Crippen MR) is 129 cm³/mol. The zero-order valence-electron chi connectivity index (χ0n) is 20.0. The van der Waals surface area contributed by atoms with Crippen LogP contribution in [0.15, 0.2) is 24.3 Å². The lowest BCUT2D eigenvalue weighted by atomic mass is 10.1. The molecule has 0 unspecified atom stereocenters. The molecule has 0 fully saturated rings. The van der Waals surface area contributed by atoms with Gasteiger partial charge in [-0.2, -0.15) is 0 Å². The van der Waals surface area contributed by atoms with Gasteiger partial charge in [0.1, 0.15) is 0 Å². The van der Waals surface area contributed by atoms with Gasteiger partial charge in [0.2, 0.25) is 11.8 Å². The summed E-state index contributed by atoms with van der Waals surface area (Å²) in [7, 11) is 0. The Labute approximate surface area is 186 Å². The largest absolute Gasteiger partial charge is 0.336 e. The molecule has 4 heteroatoms. The van der Waals surface area contributed by atoms with Crippen LogP contribution in [0.1, 0.15) is 124 Å². The van der Waals surface area contributed by atoms with Gasteiger partial charge in [0.15, 0.2) is 0 Å². The SMILES string of the molecule is CCC=CCCCCCCCC(=O)NC(C)NC(=O)CCCCCCCC=CCC. The molecule has 0 aliphatic carbocycles. The Morgan fingerprint density at radius 2 is 0.967 bits per heavy atom. The summed E-state index contributed by atoms with van der Waals surface area (Å²) in [5.74, 6) is 0.0663. The number of carbonyl (C=O) groups excluding carboxylic acids is 2. The zero-order valence-corrected chi connectivity index (χ0v) is 20.0. The zero-order chi connectivity index (χ0) is 22.3. The van der Waals surface area contributed by atoms with Gasteiger partial charge in [-0.3, -0.25) is 9.59 Å². The van der Waals surface area contributed by atoms with Crippen molar-refractivity contribution >= 4 is 11.8 Å². The van der Waals surface area contributed by atoms with Crippen LogP contribution in [0, 0.1) is 0 Å². The maximum atomic E-state index is 12.0. The standard InChI is InChI=1S/C26H48N2O2/c1-4-6-8-10-12-14-16-18-20-22-25(29)27-24(3)28-26(30)23-21-19-17-15-13-11-9-7-5-2/h6-9,24H,4-5,10-23H2,1-3H3,(H,27,29)(H,28,30). The number of hydrogen-bond donors (Lipinski definition) is 2. The lowest BCUT2D eigenvalue weighted by Crippen LogP contribution is -2.45. The Morgan fingerprint density at radius 3 is 1.37 bits per heavy atom. The molecule has 174 valence electrons. The van der Waals surface area contributed by atoms with E-state index in [4.69, 9.17) is 0 Å². The van der Waals surface area contributed by atoms with Crippen molar-refractivity contribution in [2.45, 2.75) is 130 Å². The molecule has 2 amide bonds. The molecule has 2 N–H and O–H groups in total. The van der Waals surface area contributed by atoms with Gasteiger partial charge in [-0.05, 0) is 58.3 Å². The van der Waals surface area contributed by atoms with Crippen LogP contribution >= 0.6 is 0 Å². The summed E-state index contributed by atoms with van der Waals surface area (Å²) >= 11 is 0. The molecule has 0 atom stereocenters. The second-order valence-electron chi connectivity index (χ2n) is 8.23. The second-order valence-corrected chi connectivity index (χ2v) is 8.23. The minimum absolute atomic E-state index is 0.0331. The Hall–Kier alpha value is -1.58. The molecule has 30 heavy (non-hydrogen) atoms. The molecule has 0 spiro atoms. The molecule has 0 saturated carbocycles. The number of nitrogens with one attached hydrogen (secondary N) is 2. The van der Waals surface area contributed by atoms with E-state index in [9.17, 15) is 9.59 Å². The van der Waals surface area contributed by atoms with E-state index in [0.29, 0.717) is 12.8 Å². The molecule has 0 aliphatic rings. The first-order valence-electron chi connectivity index (χ1n) is 12.5. The van der Waals surface area contributed by atoms with Crippen LogP contribution in [0.3, 0.4) is 0 Å². The summed E-state index contributed by atoms with van der Waals surface area (Å²) in [6.07, 6.45) is 25.7. The van der Waals surface area contributed by atoms with E-state index in [-0.39, 0.29) is 18.0 Å². The van der Waals surface area contributed by atoms with Crippen molar-refractivity contribution in [3.8, 4) is 0 Å². The number of amides is 2. The van der Waals surface area contributed by atoms with Crippen molar-refractivity contribution < 1.29 is 9.59 Å². The number of allylic oxidation sites excluding steroid dienone is 4. The Balaban J connectivity index is 3.54. The Bertz CT molecular complexity index is 430. The number of rotatable bonds is 20. The molecule has 0 bridgehead atoms. The van der Waals surface area contributed by atoms with Crippen molar-refractivity contribution in [2.75, 3.05) is 0 Å². The van der Waals surface area contributed by atoms with Gasteiger partial charge in [-0.15, -0.1) is 0 Å². The molecule has 0 aromatic heterocycles. The van der Waals surface area contributed by atoms with Crippen LogP contribution in [-0.2, 0) is 9.59 Å². The maximum Gasteiger partial charge on any atom is 0.221 e. The quantitative estimate of drug-likeness (QED) is 0.127. The highest BCUT2D eigenvalue weighted by Crippen LogP contribution is 2.09. The Morgan fingerprint density at radius 1 is 0.600 bits per heavy atom. The van der Waals surface area contributed by atoms with Gasteiger partial charge in [0.05, 0.1) is 6.17 Å². The second kappa shape index (κ2) is 22.1. The molecule has 0 aromatic rings. The van der Waals surface area contributed by atoms with E-state index in [0.717, 1.165) is 38.5 Å². The van der Waals surface area contributed by atoms with Crippen LogP contribution < -0.4 is 10.6 Å². The highest BCUT2D eigenvalue weighted by atomic mass is 16.2. The first-order chi connectivity index (χ1) is 14.6. The van der Waals surface area contributed by atoms with Crippen molar-refractivity contribution in [3.63, 3.8) is 0 Å². The molecule has 0 heterocycles. The maximum absolute atomic E-state index is 12.0. The smallest absolute Gasteiger partial charge is 0.221 e. The van der Waals surface area contributed by atoms with Gasteiger partial charge in [-0.25, -0.2) is 0 Å². The minimum atomic E-state index is -0.291. The average molecular weight is 421 g/mol. The third-order valence-electron chi connectivity index (χ3n) is 5.11. The lowest BCUT2D eigenvalue weighted by molar-refractivity contribution is -0.124. The fraction of sp³-hybridized carbons (Fsp3) is 0.769. The van der Waals surface area contributed by atoms with E-state index in [1.165, 1.54) is 51.4 Å². The van der Waals surface area contributed by atoms with Crippen molar-refractivity contribution in [2.24, 2.45) is 0 Å². The number of unbranched alkanes of at least 4 members (excludes halogenated alkanes) is 10. The van der Waals surface area contributed by atoms with Gasteiger partial charge >= 0.3 is 0 Å². The predicted octanol–water partition coefficient (Wildman–Crippen LogP) is 6.96. The minimum Gasteiger partial charge on any atom is -0.336 e. The number of carbonyl (C=O) groups is 2. The normalized spacial score (nSPS) is 12.5. The first-order valence-corrected chi connectivity index (χ1v) is 12.5. The molecular weight excluding hydrogens is 372 g/mol. The van der Waals surface area contributed by atoms with Crippen molar-refractivity contribution in [3.05, 3.63) is 24.3 Å². The number of hydrogen-bond acceptors (Lipinski definition) is 2. The lowest BCUT2D eigenvalue weighted by Gasteiger charge is -2.16. The third-order valence-corrected chi connectivity index (χ3v) is 5.11. The first kappa shape index (κ1) is 28.4. The molecular formula is C26H48N2O2. The summed E-state index contributed by atoms with van der Waals surface area (Å²) in [5.41, 5.74) is 0. The van der Waals surface area contributed by atoms with E-state index in [1.807, 2.05) is 6.92 Å². The van der Waals surface area contributed by atoms with Crippen LogP contribution in [0.25, 0.3) is 0 Å². The highest BCUT2D eigenvalue weighted by Gasteiger charge is 2.09. The summed E-state index contributed by atoms with van der Waals surface area (Å²) in [5, 5.41) is 5.77. The summed E-state index contributed by atoms with van der Waals surface area (Å²) < 4.78 is 0. The monoisotopic (exact) mass is 420 g/mol. The van der Waals surface area contributed by atoms with Crippen LogP contribution in [0.2, 0.25) is 0 Å². The van der Waals surface area contributed by atoms with E-state index in [2.05, 4.69) is 48.8 Å². The van der Waals surface area contributed by atoms with Gasteiger partial charge in [-0.1, -0.05) is 76.7 Å². The van der Waals surface area contributed by atoms with Crippen LogP contribution in [-0.4, -0.2) is 18.0 Å². The van der Waals surface area contributed by atoms with Crippen molar-refractivity contribution in [1.29, 1.82) is 0 Å². The average Bonchev–Trinajstić information content (AvgIpc) is 2.71.